The molecule has 0 aromatic heterocycles. The Kier molecular flexibility index (Phi) is 4.31. The number of hydrogen-bond acceptors (Lipinski definition) is 4. The van der Waals surface area contributed by atoms with Crippen molar-refractivity contribution >= 4 is 0 Å². The van der Waals surface area contributed by atoms with E-state index >= 15 is 0 Å². The maximum atomic E-state index is 5.65. The fourth-order valence-electron chi connectivity index (χ4n) is 1.24. The van der Waals surface area contributed by atoms with Gasteiger partial charge in [0.15, 0.2) is 5.79 Å². The van der Waals surface area contributed by atoms with Crippen LogP contribution >= 0.6 is 0 Å². The van der Waals surface area contributed by atoms with Crippen LogP contribution < -0.4 is 0 Å². The molecule has 84 valence electrons. The van der Waals surface area contributed by atoms with Gasteiger partial charge in [0.05, 0.1) is 19.3 Å². The van der Waals surface area contributed by atoms with Gasteiger partial charge in [0, 0.05) is 20.6 Å². The first-order valence-electron chi connectivity index (χ1n) is 4.93. The third-order valence-electron chi connectivity index (χ3n) is 2.47. The second kappa shape index (κ2) is 5.07. The van der Waals surface area contributed by atoms with E-state index in [9.17, 15) is 0 Å². The van der Waals surface area contributed by atoms with Crippen molar-refractivity contribution in [2.45, 2.75) is 38.3 Å². The summed E-state index contributed by atoms with van der Waals surface area (Å²) in [6, 6.07) is 0. The third kappa shape index (κ3) is 3.92. The molecule has 4 heteroatoms. The third-order valence-corrected chi connectivity index (χ3v) is 2.47. The molecule has 3 atom stereocenters. The average Bonchev–Trinajstić information content (AvgIpc) is 2.98. The van der Waals surface area contributed by atoms with E-state index in [1.54, 1.807) is 14.2 Å². The van der Waals surface area contributed by atoms with Crippen molar-refractivity contribution in [3.63, 3.8) is 0 Å². The van der Waals surface area contributed by atoms with Crippen molar-refractivity contribution in [3.05, 3.63) is 0 Å². The molecule has 0 bridgehead atoms. The summed E-state index contributed by atoms with van der Waals surface area (Å²) < 4.78 is 21.2. The lowest BCUT2D eigenvalue weighted by atomic mass is 10.1. The highest BCUT2D eigenvalue weighted by Gasteiger charge is 2.31. The van der Waals surface area contributed by atoms with Crippen LogP contribution in [0.25, 0.3) is 0 Å². The van der Waals surface area contributed by atoms with Gasteiger partial charge >= 0.3 is 0 Å². The summed E-state index contributed by atoms with van der Waals surface area (Å²) in [5.74, 6) is -0.568. The minimum atomic E-state index is -0.568. The van der Waals surface area contributed by atoms with Gasteiger partial charge in [-0.2, -0.15) is 0 Å². The lowest BCUT2D eigenvalue weighted by Crippen LogP contribution is -2.36. The van der Waals surface area contributed by atoms with Crippen LogP contribution in [0.1, 0.15) is 20.3 Å². The zero-order valence-electron chi connectivity index (χ0n) is 9.41. The first kappa shape index (κ1) is 11.9. The first-order chi connectivity index (χ1) is 6.59. The van der Waals surface area contributed by atoms with Gasteiger partial charge in [0.1, 0.15) is 6.10 Å². The van der Waals surface area contributed by atoms with Crippen molar-refractivity contribution in [2.24, 2.45) is 0 Å². The molecular formula is C10H20O4. The van der Waals surface area contributed by atoms with Gasteiger partial charge in [-0.05, 0) is 13.8 Å². The SMILES string of the molecule is COC(C)CC(C)(OC)OCC1CO1. The zero-order valence-corrected chi connectivity index (χ0v) is 9.41. The van der Waals surface area contributed by atoms with Crippen molar-refractivity contribution in [1.29, 1.82) is 0 Å². The van der Waals surface area contributed by atoms with Gasteiger partial charge in [-0.1, -0.05) is 0 Å². The molecule has 14 heavy (non-hydrogen) atoms. The van der Waals surface area contributed by atoms with Crippen LogP contribution in [0.4, 0.5) is 0 Å². The second-order valence-electron chi connectivity index (χ2n) is 3.85. The predicted molar refractivity (Wildman–Crippen MR) is 52.2 cm³/mol. The molecule has 0 amide bonds. The topological polar surface area (TPSA) is 40.2 Å². The molecule has 1 heterocycles. The van der Waals surface area contributed by atoms with Crippen molar-refractivity contribution < 1.29 is 18.9 Å². The molecule has 4 nitrogen and oxygen atoms in total. The van der Waals surface area contributed by atoms with Crippen molar-refractivity contribution in [2.75, 3.05) is 27.4 Å². The zero-order chi connectivity index (χ0) is 10.6. The summed E-state index contributed by atoms with van der Waals surface area (Å²) >= 11 is 0. The summed E-state index contributed by atoms with van der Waals surface area (Å²) in [5.41, 5.74) is 0. The molecule has 3 unspecified atom stereocenters. The number of hydrogen-bond donors (Lipinski definition) is 0. The molecule has 0 aliphatic carbocycles. The first-order valence-corrected chi connectivity index (χ1v) is 4.93. The normalized spacial score (nSPS) is 27.0. The lowest BCUT2D eigenvalue weighted by molar-refractivity contribution is -0.226. The monoisotopic (exact) mass is 204 g/mol. The quantitative estimate of drug-likeness (QED) is 0.461. The van der Waals surface area contributed by atoms with E-state index in [2.05, 4.69) is 0 Å². The highest BCUT2D eigenvalue weighted by atomic mass is 16.7. The van der Waals surface area contributed by atoms with Crippen molar-refractivity contribution in [3.8, 4) is 0 Å². The van der Waals surface area contributed by atoms with Gasteiger partial charge in [0.2, 0.25) is 0 Å². The van der Waals surface area contributed by atoms with Crippen LogP contribution in [-0.4, -0.2) is 45.4 Å². The Hall–Kier alpha value is -0.160. The van der Waals surface area contributed by atoms with E-state index in [1.807, 2.05) is 13.8 Å². The van der Waals surface area contributed by atoms with Crippen LogP contribution in [0, 0.1) is 0 Å². The molecule has 0 N–H and O–H groups in total. The van der Waals surface area contributed by atoms with Gasteiger partial charge in [-0.15, -0.1) is 0 Å². The van der Waals surface area contributed by atoms with E-state index in [0.717, 1.165) is 6.61 Å². The van der Waals surface area contributed by atoms with Gasteiger partial charge < -0.3 is 18.9 Å². The van der Waals surface area contributed by atoms with E-state index in [-0.39, 0.29) is 12.2 Å². The molecule has 0 aromatic carbocycles. The Morgan fingerprint density at radius 2 is 2.14 bits per heavy atom. The smallest absolute Gasteiger partial charge is 0.167 e. The van der Waals surface area contributed by atoms with E-state index in [0.29, 0.717) is 13.0 Å². The minimum Gasteiger partial charge on any atom is -0.382 e. The molecular weight excluding hydrogens is 184 g/mol. The Labute approximate surface area is 85.5 Å². The molecule has 0 saturated carbocycles. The molecule has 0 spiro atoms. The number of ether oxygens (including phenoxy) is 4. The Morgan fingerprint density at radius 1 is 1.50 bits per heavy atom. The van der Waals surface area contributed by atoms with Crippen molar-refractivity contribution in [1.82, 2.24) is 0 Å². The number of epoxide rings is 1. The summed E-state index contributed by atoms with van der Waals surface area (Å²) in [4.78, 5) is 0. The van der Waals surface area contributed by atoms with Crippen LogP contribution in [0.2, 0.25) is 0 Å². The predicted octanol–water partition coefficient (Wildman–Crippen LogP) is 1.19. The maximum absolute atomic E-state index is 5.65. The Morgan fingerprint density at radius 3 is 2.57 bits per heavy atom. The second-order valence-corrected chi connectivity index (χ2v) is 3.85. The Bertz CT molecular complexity index is 170. The molecule has 1 fully saturated rings. The summed E-state index contributed by atoms with van der Waals surface area (Å²) in [6.45, 7) is 5.32. The van der Waals surface area contributed by atoms with Gasteiger partial charge in [0.25, 0.3) is 0 Å². The summed E-state index contributed by atoms with van der Waals surface area (Å²) in [5, 5.41) is 0. The minimum absolute atomic E-state index is 0.125. The molecule has 1 rings (SSSR count). The molecule has 1 aliphatic rings. The number of rotatable bonds is 7. The molecule has 1 aliphatic heterocycles. The average molecular weight is 204 g/mol. The molecule has 1 saturated heterocycles. The van der Waals surface area contributed by atoms with Crippen LogP contribution in [-0.2, 0) is 18.9 Å². The fraction of sp³-hybridized carbons (Fsp3) is 1.00. The lowest BCUT2D eigenvalue weighted by Gasteiger charge is -2.30. The van der Waals surface area contributed by atoms with Gasteiger partial charge in [-0.3, -0.25) is 0 Å². The van der Waals surface area contributed by atoms with Crippen LogP contribution in [0.3, 0.4) is 0 Å². The standard InChI is InChI=1S/C10H20O4/c1-8(11-3)5-10(2,12-4)14-7-9-6-13-9/h8-9H,5-7H2,1-4H3. The van der Waals surface area contributed by atoms with Crippen LogP contribution in [0.5, 0.6) is 0 Å². The van der Waals surface area contributed by atoms with E-state index < -0.39 is 5.79 Å². The summed E-state index contributed by atoms with van der Waals surface area (Å²) in [6.07, 6.45) is 1.11. The highest BCUT2D eigenvalue weighted by molar-refractivity contribution is 4.72. The highest BCUT2D eigenvalue weighted by Crippen LogP contribution is 2.22. The van der Waals surface area contributed by atoms with Crippen LogP contribution in [0.15, 0.2) is 0 Å². The summed E-state index contributed by atoms with van der Waals surface area (Å²) in [7, 11) is 3.33. The molecule has 0 aromatic rings. The maximum Gasteiger partial charge on any atom is 0.167 e. The number of methoxy groups -OCH3 is 2. The van der Waals surface area contributed by atoms with E-state index in [1.165, 1.54) is 0 Å². The fourth-order valence-corrected chi connectivity index (χ4v) is 1.24. The Balaban J connectivity index is 2.29. The van der Waals surface area contributed by atoms with E-state index in [4.69, 9.17) is 18.9 Å². The largest absolute Gasteiger partial charge is 0.382 e. The van der Waals surface area contributed by atoms with Gasteiger partial charge in [-0.25, -0.2) is 0 Å². The molecule has 0 radical (unpaired) electrons.